The van der Waals surface area contributed by atoms with E-state index in [-0.39, 0.29) is 6.04 Å². The number of hydrogen-bond donors (Lipinski definition) is 1. The molecule has 0 fully saturated rings. The molecule has 0 saturated heterocycles. The maximum Gasteiger partial charge on any atom is 0.119 e. The zero-order valence-corrected chi connectivity index (χ0v) is 12.0. The summed E-state index contributed by atoms with van der Waals surface area (Å²) in [5.41, 5.74) is 2.35. The maximum atomic E-state index is 5.26. The normalized spacial score (nSPS) is 12.4. The molecule has 0 radical (unpaired) electrons. The summed E-state index contributed by atoms with van der Waals surface area (Å²) >= 11 is 3.57. The molecule has 0 saturated carbocycles. The van der Waals surface area contributed by atoms with Crippen LogP contribution in [0.4, 0.5) is 0 Å². The van der Waals surface area contributed by atoms with Crippen molar-refractivity contribution in [3.05, 3.63) is 52.4 Å². The summed E-state index contributed by atoms with van der Waals surface area (Å²) in [5.74, 6) is 0.871. The van der Waals surface area contributed by atoms with Crippen LogP contribution in [0.1, 0.15) is 17.2 Å². The van der Waals surface area contributed by atoms with Crippen LogP contribution >= 0.6 is 15.9 Å². The number of likely N-dealkylation sites (N-methyl/N-ethyl adjacent to an activating group) is 1. The first-order valence-electron chi connectivity index (χ1n) is 5.76. The summed E-state index contributed by atoms with van der Waals surface area (Å²) in [5, 5.41) is 3.30. The van der Waals surface area contributed by atoms with Gasteiger partial charge in [-0.25, -0.2) is 0 Å². The highest BCUT2D eigenvalue weighted by Gasteiger charge is 2.13. The lowest BCUT2D eigenvalue weighted by Crippen LogP contribution is -2.18. The summed E-state index contributed by atoms with van der Waals surface area (Å²) in [7, 11) is 3.63. The van der Waals surface area contributed by atoms with Crippen molar-refractivity contribution in [3.63, 3.8) is 0 Å². The first-order chi connectivity index (χ1) is 8.74. The third kappa shape index (κ3) is 2.94. The van der Waals surface area contributed by atoms with Gasteiger partial charge in [-0.05, 0) is 43.3 Å². The Balaban J connectivity index is 2.21. The van der Waals surface area contributed by atoms with Crippen molar-refractivity contribution in [1.29, 1.82) is 0 Å². The molecule has 1 aromatic heterocycles. The van der Waals surface area contributed by atoms with E-state index in [1.807, 2.05) is 25.2 Å². The first-order valence-corrected chi connectivity index (χ1v) is 6.55. The zero-order valence-electron chi connectivity index (χ0n) is 10.4. The van der Waals surface area contributed by atoms with Gasteiger partial charge < -0.3 is 14.5 Å². The Bertz CT molecular complexity index is 497. The number of rotatable bonds is 5. The van der Waals surface area contributed by atoms with Gasteiger partial charge in [0.05, 0.1) is 19.6 Å². The molecular weight excluding hydrogens is 294 g/mol. The highest BCUT2D eigenvalue weighted by Crippen LogP contribution is 2.27. The van der Waals surface area contributed by atoms with Gasteiger partial charge in [0.1, 0.15) is 5.75 Å². The third-order valence-corrected chi connectivity index (χ3v) is 3.74. The van der Waals surface area contributed by atoms with E-state index in [1.165, 1.54) is 5.56 Å². The monoisotopic (exact) mass is 309 g/mol. The van der Waals surface area contributed by atoms with Gasteiger partial charge in [-0.3, -0.25) is 0 Å². The number of methoxy groups -OCH3 is 1. The van der Waals surface area contributed by atoms with Crippen LogP contribution in [0.15, 0.2) is 45.7 Å². The second-order valence-corrected chi connectivity index (χ2v) is 4.91. The Hall–Kier alpha value is -1.26. The zero-order chi connectivity index (χ0) is 13.0. The third-order valence-electron chi connectivity index (χ3n) is 2.97. The Morgan fingerprint density at radius 2 is 2.22 bits per heavy atom. The Labute approximate surface area is 115 Å². The molecule has 2 rings (SSSR count). The van der Waals surface area contributed by atoms with E-state index < -0.39 is 0 Å². The van der Waals surface area contributed by atoms with E-state index >= 15 is 0 Å². The van der Waals surface area contributed by atoms with Crippen molar-refractivity contribution in [2.45, 2.75) is 12.5 Å². The highest BCUT2D eigenvalue weighted by atomic mass is 79.9. The van der Waals surface area contributed by atoms with E-state index in [0.717, 1.165) is 22.2 Å². The molecule has 1 heterocycles. The average molecular weight is 310 g/mol. The molecule has 0 spiro atoms. The summed E-state index contributed by atoms with van der Waals surface area (Å²) in [6.07, 6.45) is 4.34. The van der Waals surface area contributed by atoms with Gasteiger partial charge in [0, 0.05) is 16.1 Å². The van der Waals surface area contributed by atoms with Crippen molar-refractivity contribution >= 4 is 15.9 Å². The van der Waals surface area contributed by atoms with Crippen molar-refractivity contribution in [1.82, 2.24) is 5.32 Å². The molecule has 96 valence electrons. The molecule has 4 heteroatoms. The van der Waals surface area contributed by atoms with Crippen molar-refractivity contribution in [2.24, 2.45) is 0 Å². The average Bonchev–Trinajstić information content (AvgIpc) is 2.91. The molecule has 18 heavy (non-hydrogen) atoms. The molecule has 0 amide bonds. The van der Waals surface area contributed by atoms with Crippen LogP contribution in [0.25, 0.3) is 0 Å². The summed E-state index contributed by atoms with van der Waals surface area (Å²) in [4.78, 5) is 0. The second kappa shape index (κ2) is 6.07. The highest BCUT2D eigenvalue weighted by molar-refractivity contribution is 9.10. The smallest absolute Gasteiger partial charge is 0.119 e. The molecule has 1 aromatic carbocycles. The summed E-state index contributed by atoms with van der Waals surface area (Å²) < 4.78 is 11.5. The number of furan rings is 1. The van der Waals surface area contributed by atoms with E-state index in [2.05, 4.69) is 27.3 Å². The fraction of sp³-hybridized carbons (Fsp3) is 0.286. The van der Waals surface area contributed by atoms with Gasteiger partial charge in [0.25, 0.3) is 0 Å². The van der Waals surface area contributed by atoms with Crippen LogP contribution in [-0.4, -0.2) is 14.2 Å². The molecular formula is C14H16BrNO2. The minimum absolute atomic E-state index is 0.229. The lowest BCUT2D eigenvalue weighted by atomic mass is 10.0. The van der Waals surface area contributed by atoms with E-state index in [4.69, 9.17) is 9.15 Å². The molecule has 2 aromatic rings. The van der Waals surface area contributed by atoms with Gasteiger partial charge in [0.15, 0.2) is 0 Å². The maximum absolute atomic E-state index is 5.26. The SMILES string of the molecule is CNC(Cc1cc(OC)ccc1Br)c1ccoc1. The Kier molecular flexibility index (Phi) is 4.44. The quantitative estimate of drug-likeness (QED) is 0.917. The summed E-state index contributed by atoms with van der Waals surface area (Å²) in [6, 6.07) is 8.21. The van der Waals surface area contributed by atoms with E-state index in [0.29, 0.717) is 0 Å². The number of nitrogens with one attached hydrogen (secondary N) is 1. The molecule has 1 N–H and O–H groups in total. The molecule has 0 aliphatic carbocycles. The van der Waals surface area contributed by atoms with Gasteiger partial charge in [-0.2, -0.15) is 0 Å². The van der Waals surface area contributed by atoms with Crippen molar-refractivity contribution < 1.29 is 9.15 Å². The summed E-state index contributed by atoms with van der Waals surface area (Å²) in [6.45, 7) is 0. The number of benzene rings is 1. The van der Waals surface area contributed by atoms with Crippen LogP contribution in [-0.2, 0) is 6.42 Å². The minimum atomic E-state index is 0.229. The van der Waals surface area contributed by atoms with Crippen LogP contribution in [0.3, 0.4) is 0 Å². The molecule has 3 nitrogen and oxygen atoms in total. The Morgan fingerprint density at radius 1 is 1.39 bits per heavy atom. The minimum Gasteiger partial charge on any atom is -0.497 e. The van der Waals surface area contributed by atoms with Gasteiger partial charge in [0.2, 0.25) is 0 Å². The predicted octanol–water partition coefficient (Wildman–Crippen LogP) is 3.55. The van der Waals surface area contributed by atoms with Crippen LogP contribution in [0.2, 0.25) is 0 Å². The van der Waals surface area contributed by atoms with Crippen LogP contribution < -0.4 is 10.1 Å². The molecule has 0 aliphatic heterocycles. The molecule has 1 atom stereocenters. The molecule has 1 unspecified atom stereocenters. The molecule has 0 bridgehead atoms. The predicted molar refractivity (Wildman–Crippen MR) is 74.9 cm³/mol. The van der Waals surface area contributed by atoms with Gasteiger partial charge in [-0.15, -0.1) is 0 Å². The molecule has 0 aliphatic rings. The van der Waals surface area contributed by atoms with E-state index in [9.17, 15) is 0 Å². The second-order valence-electron chi connectivity index (χ2n) is 4.06. The topological polar surface area (TPSA) is 34.4 Å². The largest absolute Gasteiger partial charge is 0.497 e. The van der Waals surface area contributed by atoms with Gasteiger partial charge in [-0.1, -0.05) is 15.9 Å². The lowest BCUT2D eigenvalue weighted by Gasteiger charge is -2.16. The van der Waals surface area contributed by atoms with E-state index in [1.54, 1.807) is 19.6 Å². The first kappa shape index (κ1) is 13.2. The fourth-order valence-electron chi connectivity index (χ4n) is 1.91. The van der Waals surface area contributed by atoms with Crippen LogP contribution in [0, 0.1) is 0 Å². The standard InChI is InChI=1S/C14H16BrNO2/c1-16-14(10-5-6-18-9-10)8-11-7-12(17-2)3-4-13(11)15/h3-7,9,14,16H,8H2,1-2H3. The van der Waals surface area contributed by atoms with Crippen molar-refractivity contribution in [2.75, 3.05) is 14.2 Å². The van der Waals surface area contributed by atoms with Crippen LogP contribution in [0.5, 0.6) is 5.75 Å². The lowest BCUT2D eigenvalue weighted by molar-refractivity contribution is 0.413. The van der Waals surface area contributed by atoms with Gasteiger partial charge >= 0.3 is 0 Å². The number of hydrogen-bond acceptors (Lipinski definition) is 3. The number of halogens is 1. The Morgan fingerprint density at radius 3 is 2.83 bits per heavy atom. The number of ether oxygens (including phenoxy) is 1. The van der Waals surface area contributed by atoms with Crippen molar-refractivity contribution in [3.8, 4) is 5.75 Å². The fourth-order valence-corrected chi connectivity index (χ4v) is 2.32.